The van der Waals surface area contributed by atoms with Crippen molar-refractivity contribution >= 4 is 40.6 Å². The van der Waals surface area contributed by atoms with E-state index in [-0.39, 0.29) is 17.4 Å². The molecule has 3 fully saturated rings. The molecule has 10 heteroatoms. The number of pyridine rings is 1. The van der Waals surface area contributed by atoms with Gasteiger partial charge in [-0.1, -0.05) is 11.6 Å². The maximum absolute atomic E-state index is 13.2. The van der Waals surface area contributed by atoms with Crippen molar-refractivity contribution in [3.63, 3.8) is 0 Å². The Morgan fingerprint density at radius 1 is 1.19 bits per heavy atom. The van der Waals surface area contributed by atoms with Gasteiger partial charge in [0.05, 0.1) is 41.5 Å². The minimum atomic E-state index is -0.381. The monoisotopic (exact) mass is 457 g/mol. The van der Waals surface area contributed by atoms with Gasteiger partial charge < -0.3 is 25.5 Å². The SMILES string of the molecule is O=C1N(c2cncc(Nc3ncc(Cl)c(N4CCC[C@H](O)C4)n3)c2)CCC12CCNCC2. The quantitative estimate of drug-likeness (QED) is 0.642. The number of carbonyl (C=O) groups is 1. The Morgan fingerprint density at radius 3 is 2.84 bits per heavy atom. The summed E-state index contributed by atoms with van der Waals surface area (Å²) >= 11 is 6.34. The highest BCUT2D eigenvalue weighted by molar-refractivity contribution is 6.32. The van der Waals surface area contributed by atoms with E-state index in [9.17, 15) is 9.90 Å². The van der Waals surface area contributed by atoms with Crippen LogP contribution in [0.5, 0.6) is 0 Å². The van der Waals surface area contributed by atoms with Gasteiger partial charge in [-0.3, -0.25) is 9.78 Å². The Kier molecular flexibility index (Phi) is 5.88. The maximum atomic E-state index is 13.2. The normalized spacial score (nSPS) is 23.1. The summed E-state index contributed by atoms with van der Waals surface area (Å²) in [6, 6.07) is 1.91. The number of anilines is 4. The lowest BCUT2D eigenvalue weighted by molar-refractivity contribution is -0.126. The van der Waals surface area contributed by atoms with Crippen molar-refractivity contribution in [2.24, 2.45) is 5.41 Å². The molecule has 2 aromatic heterocycles. The molecular formula is C22H28ClN7O2. The molecule has 1 spiro atoms. The fraction of sp³-hybridized carbons (Fsp3) is 0.545. The molecule has 3 aliphatic heterocycles. The standard InChI is InChI=1S/C22H28ClN7O2/c23-18-13-26-21(28-19(18)29-8-1-2-17(31)14-29)27-15-10-16(12-25-11-15)30-9-5-22(20(30)32)3-6-24-7-4-22/h10-13,17,24,31H,1-9,14H2,(H,26,27,28)/t17-/m0/s1. The Hall–Kier alpha value is -2.49. The van der Waals surface area contributed by atoms with E-state index in [0.717, 1.165) is 57.4 Å². The number of β-amino-alcohol motifs (C(OH)–C–C–N with tert-alkyl or cyclic N) is 1. The summed E-state index contributed by atoms with van der Waals surface area (Å²) in [5.41, 5.74) is 1.25. The second-order valence-electron chi connectivity index (χ2n) is 8.90. The van der Waals surface area contributed by atoms with Crippen LogP contribution in [0.25, 0.3) is 0 Å². The molecule has 2 aromatic rings. The van der Waals surface area contributed by atoms with E-state index in [2.05, 4.69) is 25.6 Å². The molecule has 5 heterocycles. The molecule has 170 valence electrons. The third-order valence-corrected chi connectivity index (χ3v) is 7.05. The molecule has 0 radical (unpaired) electrons. The fourth-order valence-corrected chi connectivity index (χ4v) is 5.21. The zero-order chi connectivity index (χ0) is 22.1. The fourth-order valence-electron chi connectivity index (χ4n) is 5.00. The number of aliphatic hydroxyl groups is 1. The van der Waals surface area contributed by atoms with Crippen LogP contribution in [0.2, 0.25) is 5.02 Å². The van der Waals surface area contributed by atoms with Gasteiger partial charge in [-0.05, 0) is 51.3 Å². The number of aromatic nitrogens is 3. The van der Waals surface area contributed by atoms with Crippen LogP contribution < -0.4 is 20.4 Å². The topological polar surface area (TPSA) is 107 Å². The van der Waals surface area contributed by atoms with E-state index in [1.165, 1.54) is 0 Å². The summed E-state index contributed by atoms with van der Waals surface area (Å²) in [4.78, 5) is 30.3. The molecule has 0 aliphatic carbocycles. The zero-order valence-electron chi connectivity index (χ0n) is 17.9. The first-order chi connectivity index (χ1) is 15.5. The van der Waals surface area contributed by atoms with Crippen molar-refractivity contribution in [3.05, 3.63) is 29.7 Å². The van der Waals surface area contributed by atoms with Crippen LogP contribution in [0.1, 0.15) is 32.1 Å². The zero-order valence-corrected chi connectivity index (χ0v) is 18.7. The van der Waals surface area contributed by atoms with Crippen LogP contribution in [0.15, 0.2) is 24.7 Å². The van der Waals surface area contributed by atoms with Crippen molar-refractivity contribution in [1.29, 1.82) is 0 Å². The second-order valence-corrected chi connectivity index (χ2v) is 9.31. The lowest BCUT2D eigenvalue weighted by Gasteiger charge is -2.32. The highest BCUT2D eigenvalue weighted by Gasteiger charge is 2.47. The molecule has 1 atom stereocenters. The number of hydrogen-bond donors (Lipinski definition) is 3. The number of piperidine rings is 2. The van der Waals surface area contributed by atoms with Crippen LogP contribution in [0.4, 0.5) is 23.1 Å². The molecule has 32 heavy (non-hydrogen) atoms. The largest absolute Gasteiger partial charge is 0.391 e. The average molecular weight is 458 g/mol. The van der Waals surface area contributed by atoms with E-state index in [4.69, 9.17) is 11.6 Å². The van der Waals surface area contributed by atoms with Crippen LogP contribution in [-0.4, -0.2) is 64.8 Å². The third-order valence-electron chi connectivity index (χ3n) is 6.79. The first-order valence-corrected chi connectivity index (χ1v) is 11.6. The smallest absolute Gasteiger partial charge is 0.233 e. The first-order valence-electron chi connectivity index (χ1n) is 11.2. The van der Waals surface area contributed by atoms with Crippen molar-refractivity contribution in [2.45, 2.75) is 38.2 Å². The molecule has 1 amide bonds. The summed E-state index contributed by atoms with van der Waals surface area (Å²) in [7, 11) is 0. The summed E-state index contributed by atoms with van der Waals surface area (Å²) in [5.74, 6) is 1.20. The molecule has 0 bridgehead atoms. The highest BCUT2D eigenvalue weighted by atomic mass is 35.5. The minimum absolute atomic E-state index is 0.201. The van der Waals surface area contributed by atoms with E-state index in [1.54, 1.807) is 18.6 Å². The van der Waals surface area contributed by atoms with E-state index >= 15 is 0 Å². The molecule has 9 nitrogen and oxygen atoms in total. The average Bonchev–Trinajstić information content (AvgIpc) is 3.11. The number of carbonyl (C=O) groups excluding carboxylic acids is 1. The Bertz CT molecular complexity index is 998. The maximum Gasteiger partial charge on any atom is 0.233 e. The van der Waals surface area contributed by atoms with E-state index in [0.29, 0.717) is 35.6 Å². The molecule has 3 N–H and O–H groups in total. The van der Waals surface area contributed by atoms with Gasteiger partial charge in [0.15, 0.2) is 5.82 Å². The lowest BCUT2D eigenvalue weighted by atomic mass is 9.78. The van der Waals surface area contributed by atoms with Gasteiger partial charge in [-0.2, -0.15) is 4.98 Å². The van der Waals surface area contributed by atoms with Gasteiger partial charge in [-0.25, -0.2) is 4.98 Å². The molecule has 0 unspecified atom stereocenters. The van der Waals surface area contributed by atoms with Crippen LogP contribution in [-0.2, 0) is 4.79 Å². The Labute approximate surface area is 192 Å². The van der Waals surface area contributed by atoms with Gasteiger partial charge in [0, 0.05) is 19.6 Å². The van der Waals surface area contributed by atoms with Crippen molar-refractivity contribution in [1.82, 2.24) is 20.3 Å². The first kappa shape index (κ1) is 21.4. The lowest BCUT2D eigenvalue weighted by Crippen LogP contribution is -2.42. The van der Waals surface area contributed by atoms with Crippen molar-refractivity contribution in [2.75, 3.05) is 47.8 Å². The number of halogens is 1. The van der Waals surface area contributed by atoms with Gasteiger partial charge in [0.25, 0.3) is 0 Å². The highest BCUT2D eigenvalue weighted by Crippen LogP contribution is 2.42. The predicted molar refractivity (Wildman–Crippen MR) is 124 cm³/mol. The van der Waals surface area contributed by atoms with E-state index in [1.807, 2.05) is 15.9 Å². The Morgan fingerprint density at radius 2 is 2.03 bits per heavy atom. The van der Waals surface area contributed by atoms with Crippen molar-refractivity contribution < 1.29 is 9.90 Å². The predicted octanol–water partition coefficient (Wildman–Crippen LogP) is 2.34. The third kappa shape index (κ3) is 4.12. The van der Waals surface area contributed by atoms with Gasteiger partial charge in [0.2, 0.25) is 11.9 Å². The number of aliphatic hydroxyl groups excluding tert-OH is 1. The summed E-state index contributed by atoms with van der Waals surface area (Å²) in [6.07, 6.45) is 8.94. The van der Waals surface area contributed by atoms with E-state index < -0.39 is 0 Å². The van der Waals surface area contributed by atoms with Crippen LogP contribution in [0.3, 0.4) is 0 Å². The number of nitrogens with zero attached hydrogens (tertiary/aromatic N) is 5. The number of amides is 1. The molecular weight excluding hydrogens is 430 g/mol. The number of hydrogen-bond acceptors (Lipinski definition) is 8. The van der Waals surface area contributed by atoms with Crippen LogP contribution in [0, 0.1) is 5.41 Å². The minimum Gasteiger partial charge on any atom is -0.391 e. The number of nitrogens with one attached hydrogen (secondary N) is 2. The van der Waals surface area contributed by atoms with Gasteiger partial charge in [0.1, 0.15) is 5.02 Å². The van der Waals surface area contributed by atoms with Gasteiger partial charge >= 0.3 is 0 Å². The summed E-state index contributed by atoms with van der Waals surface area (Å²) in [5, 5.41) is 17.0. The summed E-state index contributed by atoms with van der Waals surface area (Å²) < 4.78 is 0. The molecule has 0 aromatic carbocycles. The number of rotatable bonds is 4. The molecule has 3 saturated heterocycles. The Balaban J connectivity index is 1.33. The second kappa shape index (κ2) is 8.80. The molecule has 5 rings (SSSR count). The molecule has 0 saturated carbocycles. The van der Waals surface area contributed by atoms with Gasteiger partial charge in [-0.15, -0.1) is 0 Å². The van der Waals surface area contributed by atoms with Crippen LogP contribution >= 0.6 is 11.6 Å². The molecule has 3 aliphatic rings. The summed E-state index contributed by atoms with van der Waals surface area (Å²) in [6.45, 7) is 3.79. The van der Waals surface area contributed by atoms with Crippen molar-refractivity contribution in [3.8, 4) is 0 Å².